The van der Waals surface area contributed by atoms with Gasteiger partial charge in [-0.1, -0.05) is 0 Å². The molecule has 108 valence electrons. The maximum Gasteiger partial charge on any atom is 0.0615 e. The lowest BCUT2D eigenvalue weighted by molar-refractivity contribution is 0.0752. The van der Waals surface area contributed by atoms with Gasteiger partial charge < -0.3 is 14.8 Å². The first-order chi connectivity index (χ1) is 8.69. The summed E-state index contributed by atoms with van der Waals surface area (Å²) in [5.74, 6) is 0.925. The van der Waals surface area contributed by atoms with E-state index in [1.807, 2.05) is 0 Å². The van der Waals surface area contributed by atoms with E-state index < -0.39 is 0 Å². The third kappa shape index (κ3) is 6.14. The van der Waals surface area contributed by atoms with Gasteiger partial charge in [-0.05, 0) is 32.6 Å². The molecule has 0 amide bonds. The average Bonchev–Trinajstić information content (AvgIpc) is 3.17. The van der Waals surface area contributed by atoms with Crippen molar-refractivity contribution in [3.63, 3.8) is 0 Å². The van der Waals surface area contributed by atoms with Crippen molar-refractivity contribution in [2.45, 2.75) is 38.8 Å². The fourth-order valence-electron chi connectivity index (χ4n) is 2.31. The Morgan fingerprint density at radius 2 is 1.89 bits per heavy atom. The van der Waals surface area contributed by atoms with Crippen LogP contribution < -0.4 is 5.32 Å². The molecule has 4 heteroatoms. The molecule has 1 N–H and O–H groups in total. The van der Waals surface area contributed by atoms with Crippen LogP contribution in [-0.2, 0) is 9.47 Å². The molecule has 1 aliphatic rings. The third-order valence-corrected chi connectivity index (χ3v) is 3.81. The third-order valence-electron chi connectivity index (χ3n) is 3.81. The first-order valence-corrected chi connectivity index (χ1v) is 7.14. The summed E-state index contributed by atoms with van der Waals surface area (Å²) in [6.45, 7) is 9.16. The SMILES string of the molecule is COCCN(CCNC(C)C1CC1)C(C)COC. The van der Waals surface area contributed by atoms with Crippen molar-refractivity contribution in [1.29, 1.82) is 0 Å². The summed E-state index contributed by atoms with van der Waals surface area (Å²) in [5, 5.41) is 3.63. The van der Waals surface area contributed by atoms with E-state index in [-0.39, 0.29) is 0 Å². The summed E-state index contributed by atoms with van der Waals surface area (Å²) in [6.07, 6.45) is 2.81. The number of nitrogens with one attached hydrogen (secondary N) is 1. The molecule has 1 saturated carbocycles. The summed E-state index contributed by atoms with van der Waals surface area (Å²) in [5.41, 5.74) is 0. The minimum atomic E-state index is 0.447. The monoisotopic (exact) mass is 258 g/mol. The van der Waals surface area contributed by atoms with Crippen LogP contribution in [-0.4, -0.2) is 64.1 Å². The molecule has 0 heterocycles. The number of ether oxygens (including phenoxy) is 2. The van der Waals surface area contributed by atoms with Gasteiger partial charge in [-0.15, -0.1) is 0 Å². The fraction of sp³-hybridized carbons (Fsp3) is 1.00. The van der Waals surface area contributed by atoms with E-state index >= 15 is 0 Å². The predicted octanol–water partition coefficient (Wildman–Crippen LogP) is 1.36. The Morgan fingerprint density at radius 1 is 1.17 bits per heavy atom. The van der Waals surface area contributed by atoms with Gasteiger partial charge in [-0.2, -0.15) is 0 Å². The lowest BCUT2D eigenvalue weighted by Gasteiger charge is -2.29. The topological polar surface area (TPSA) is 33.7 Å². The Labute approximate surface area is 112 Å². The van der Waals surface area contributed by atoms with Crippen LogP contribution in [0.3, 0.4) is 0 Å². The summed E-state index contributed by atoms with van der Waals surface area (Å²) in [6, 6.07) is 1.12. The maximum absolute atomic E-state index is 5.24. The first kappa shape index (κ1) is 15.9. The minimum absolute atomic E-state index is 0.447. The van der Waals surface area contributed by atoms with E-state index in [1.54, 1.807) is 14.2 Å². The van der Waals surface area contributed by atoms with Gasteiger partial charge >= 0.3 is 0 Å². The Morgan fingerprint density at radius 3 is 2.44 bits per heavy atom. The Kier molecular flexibility index (Phi) is 7.82. The smallest absolute Gasteiger partial charge is 0.0615 e. The Hall–Kier alpha value is -0.160. The summed E-state index contributed by atoms with van der Waals surface area (Å²) < 4.78 is 10.4. The van der Waals surface area contributed by atoms with Crippen molar-refractivity contribution in [2.24, 2.45) is 5.92 Å². The van der Waals surface area contributed by atoms with Gasteiger partial charge in [0.2, 0.25) is 0 Å². The second kappa shape index (κ2) is 8.86. The van der Waals surface area contributed by atoms with Crippen LogP contribution in [0.5, 0.6) is 0 Å². The predicted molar refractivity (Wildman–Crippen MR) is 75.0 cm³/mol. The quantitative estimate of drug-likeness (QED) is 0.607. The van der Waals surface area contributed by atoms with Crippen LogP contribution in [0.2, 0.25) is 0 Å². The molecule has 18 heavy (non-hydrogen) atoms. The second-order valence-corrected chi connectivity index (χ2v) is 5.41. The second-order valence-electron chi connectivity index (χ2n) is 5.41. The van der Waals surface area contributed by atoms with E-state index in [0.717, 1.165) is 38.8 Å². The van der Waals surface area contributed by atoms with Crippen molar-refractivity contribution in [3.05, 3.63) is 0 Å². The largest absolute Gasteiger partial charge is 0.383 e. The van der Waals surface area contributed by atoms with Gasteiger partial charge in [0.1, 0.15) is 0 Å². The van der Waals surface area contributed by atoms with Crippen molar-refractivity contribution >= 4 is 0 Å². The Bertz CT molecular complexity index is 210. The summed E-state index contributed by atoms with van der Waals surface area (Å²) >= 11 is 0. The van der Waals surface area contributed by atoms with Crippen LogP contribution in [0.4, 0.5) is 0 Å². The molecule has 0 aromatic heterocycles. The number of rotatable bonds is 11. The highest BCUT2D eigenvalue weighted by Crippen LogP contribution is 2.32. The molecule has 2 unspecified atom stereocenters. The molecule has 0 aromatic carbocycles. The van der Waals surface area contributed by atoms with Crippen LogP contribution in [0.25, 0.3) is 0 Å². The lowest BCUT2D eigenvalue weighted by Crippen LogP contribution is -2.43. The van der Waals surface area contributed by atoms with E-state index in [1.165, 1.54) is 12.8 Å². The van der Waals surface area contributed by atoms with Gasteiger partial charge in [0.05, 0.1) is 13.2 Å². The highest BCUT2D eigenvalue weighted by atomic mass is 16.5. The standard InChI is InChI=1S/C14H30N2O2/c1-12(11-18-4)16(9-10-17-3)8-7-15-13(2)14-5-6-14/h12-15H,5-11H2,1-4H3. The molecular weight excluding hydrogens is 228 g/mol. The van der Waals surface area contributed by atoms with E-state index in [0.29, 0.717) is 12.1 Å². The number of methoxy groups -OCH3 is 2. The number of nitrogens with zero attached hydrogens (tertiary/aromatic N) is 1. The highest BCUT2D eigenvalue weighted by Gasteiger charge is 2.27. The zero-order chi connectivity index (χ0) is 13.4. The molecule has 1 rings (SSSR count). The van der Waals surface area contributed by atoms with Gasteiger partial charge in [0.15, 0.2) is 0 Å². The van der Waals surface area contributed by atoms with Gasteiger partial charge in [-0.3, -0.25) is 4.90 Å². The normalized spacial score (nSPS) is 19.2. The molecule has 1 aliphatic carbocycles. The van der Waals surface area contributed by atoms with Crippen molar-refractivity contribution in [1.82, 2.24) is 10.2 Å². The van der Waals surface area contributed by atoms with E-state index in [2.05, 4.69) is 24.1 Å². The van der Waals surface area contributed by atoms with Crippen molar-refractivity contribution < 1.29 is 9.47 Å². The lowest BCUT2D eigenvalue weighted by atomic mass is 10.2. The van der Waals surface area contributed by atoms with Crippen LogP contribution in [0.1, 0.15) is 26.7 Å². The minimum Gasteiger partial charge on any atom is -0.383 e. The molecule has 4 nitrogen and oxygen atoms in total. The summed E-state index contributed by atoms with van der Waals surface area (Å²) in [4.78, 5) is 2.43. The van der Waals surface area contributed by atoms with Crippen LogP contribution in [0.15, 0.2) is 0 Å². The molecule has 0 bridgehead atoms. The van der Waals surface area contributed by atoms with E-state index in [9.17, 15) is 0 Å². The van der Waals surface area contributed by atoms with E-state index in [4.69, 9.17) is 9.47 Å². The molecule has 0 aromatic rings. The molecular formula is C14H30N2O2. The van der Waals surface area contributed by atoms with Crippen LogP contribution in [0, 0.1) is 5.92 Å². The molecule has 0 spiro atoms. The van der Waals surface area contributed by atoms with Gasteiger partial charge in [-0.25, -0.2) is 0 Å². The van der Waals surface area contributed by atoms with Gasteiger partial charge in [0.25, 0.3) is 0 Å². The van der Waals surface area contributed by atoms with Crippen molar-refractivity contribution in [3.8, 4) is 0 Å². The maximum atomic E-state index is 5.24. The molecule has 0 radical (unpaired) electrons. The zero-order valence-electron chi connectivity index (χ0n) is 12.4. The molecule has 0 aliphatic heterocycles. The highest BCUT2D eigenvalue weighted by molar-refractivity contribution is 4.83. The molecule has 2 atom stereocenters. The fourth-order valence-corrected chi connectivity index (χ4v) is 2.31. The Balaban J connectivity index is 2.20. The number of hydrogen-bond donors (Lipinski definition) is 1. The van der Waals surface area contributed by atoms with Crippen LogP contribution >= 0.6 is 0 Å². The zero-order valence-corrected chi connectivity index (χ0v) is 12.4. The van der Waals surface area contributed by atoms with Gasteiger partial charge in [0, 0.05) is 45.9 Å². The first-order valence-electron chi connectivity index (χ1n) is 7.14. The molecule has 1 fully saturated rings. The summed E-state index contributed by atoms with van der Waals surface area (Å²) in [7, 11) is 3.52. The van der Waals surface area contributed by atoms with Crippen molar-refractivity contribution in [2.75, 3.05) is 47.1 Å². The number of hydrogen-bond acceptors (Lipinski definition) is 4. The molecule has 0 saturated heterocycles. The average molecular weight is 258 g/mol.